The molecule has 2 aromatic carbocycles. The monoisotopic (exact) mass is 448 g/mol. The first-order valence-electron chi connectivity index (χ1n) is 11.1. The van der Waals surface area contributed by atoms with Gasteiger partial charge in [0, 0.05) is 34.6 Å². The highest BCUT2D eigenvalue weighted by molar-refractivity contribution is 5.98. The standard InChI is InChI=1S/C28H24N4O2/c1-18-16-32(17-19(2)34-18)23-10-8-21(9-11-23)25-15-31-27-24(28(25)33-3)12-13-30-26(27)22-6-4-20(14-29)5-7-22/h4-13,15,19H,1,16-17H2,2-3H3/t19-/m0/s1. The Balaban J connectivity index is 1.53. The van der Waals surface area contributed by atoms with Crippen molar-refractivity contribution in [3.8, 4) is 34.2 Å². The molecule has 34 heavy (non-hydrogen) atoms. The molecule has 6 nitrogen and oxygen atoms in total. The molecule has 1 aliphatic heterocycles. The minimum atomic E-state index is 0.115. The third-order valence-corrected chi connectivity index (χ3v) is 5.98. The largest absolute Gasteiger partial charge is 0.495 e. The number of hydrogen-bond acceptors (Lipinski definition) is 6. The van der Waals surface area contributed by atoms with Crippen LogP contribution < -0.4 is 9.64 Å². The molecule has 5 rings (SSSR count). The lowest BCUT2D eigenvalue weighted by Gasteiger charge is -2.34. The minimum absolute atomic E-state index is 0.115. The Labute approximate surface area is 198 Å². The van der Waals surface area contributed by atoms with Crippen LogP contribution in [0.2, 0.25) is 0 Å². The molecule has 6 heteroatoms. The second kappa shape index (κ2) is 8.87. The summed E-state index contributed by atoms with van der Waals surface area (Å²) in [6.45, 7) is 7.55. The van der Waals surface area contributed by atoms with Crippen LogP contribution in [0.3, 0.4) is 0 Å². The van der Waals surface area contributed by atoms with Crippen molar-refractivity contribution < 1.29 is 9.47 Å². The van der Waals surface area contributed by atoms with Crippen molar-refractivity contribution in [1.29, 1.82) is 5.26 Å². The Morgan fingerprint density at radius 3 is 2.47 bits per heavy atom. The Morgan fingerprint density at radius 2 is 1.79 bits per heavy atom. The number of nitrogens with zero attached hydrogens (tertiary/aromatic N) is 4. The van der Waals surface area contributed by atoms with Gasteiger partial charge in [-0.2, -0.15) is 5.26 Å². The quantitative estimate of drug-likeness (QED) is 0.406. The van der Waals surface area contributed by atoms with Gasteiger partial charge in [-0.3, -0.25) is 9.97 Å². The number of rotatable bonds is 4. The van der Waals surface area contributed by atoms with Crippen LogP contribution in [0, 0.1) is 11.3 Å². The number of benzene rings is 2. The van der Waals surface area contributed by atoms with E-state index in [1.54, 1.807) is 25.4 Å². The molecule has 0 saturated carbocycles. The summed E-state index contributed by atoms with van der Waals surface area (Å²) in [7, 11) is 1.68. The molecular formula is C28H24N4O2. The lowest BCUT2D eigenvalue weighted by Crippen LogP contribution is -2.39. The highest BCUT2D eigenvalue weighted by atomic mass is 16.5. The molecule has 0 N–H and O–H groups in total. The van der Waals surface area contributed by atoms with Gasteiger partial charge in [0.05, 0.1) is 37.5 Å². The van der Waals surface area contributed by atoms with Gasteiger partial charge in [-0.1, -0.05) is 30.8 Å². The average molecular weight is 449 g/mol. The normalized spacial score (nSPS) is 15.6. The maximum Gasteiger partial charge on any atom is 0.137 e. The molecule has 0 spiro atoms. The smallest absolute Gasteiger partial charge is 0.137 e. The zero-order chi connectivity index (χ0) is 23.7. The van der Waals surface area contributed by atoms with Crippen molar-refractivity contribution in [1.82, 2.24) is 9.97 Å². The van der Waals surface area contributed by atoms with Crippen molar-refractivity contribution >= 4 is 16.6 Å². The summed E-state index contributed by atoms with van der Waals surface area (Å²) in [6, 6.07) is 19.8. The summed E-state index contributed by atoms with van der Waals surface area (Å²) < 4.78 is 11.5. The topological polar surface area (TPSA) is 71.3 Å². The molecule has 1 atom stereocenters. The maximum absolute atomic E-state index is 9.09. The van der Waals surface area contributed by atoms with E-state index in [0.29, 0.717) is 12.1 Å². The van der Waals surface area contributed by atoms with Gasteiger partial charge in [-0.15, -0.1) is 0 Å². The molecule has 0 bridgehead atoms. The minimum Gasteiger partial charge on any atom is -0.495 e. The van der Waals surface area contributed by atoms with E-state index in [1.807, 2.05) is 24.4 Å². The molecule has 2 aromatic heterocycles. The third kappa shape index (κ3) is 3.93. The van der Waals surface area contributed by atoms with Gasteiger partial charge in [0.15, 0.2) is 0 Å². The number of methoxy groups -OCH3 is 1. The predicted octanol–water partition coefficient (Wildman–Crippen LogP) is 5.58. The van der Waals surface area contributed by atoms with E-state index >= 15 is 0 Å². The SMILES string of the molecule is C=C1CN(c2ccc(-c3cnc4c(-c5ccc(C#N)cc5)nccc4c3OC)cc2)C[C@H](C)O1. The van der Waals surface area contributed by atoms with Crippen LogP contribution in [-0.2, 0) is 4.74 Å². The van der Waals surface area contributed by atoms with Crippen LogP contribution in [0.1, 0.15) is 12.5 Å². The summed E-state index contributed by atoms with van der Waals surface area (Å²) in [4.78, 5) is 11.6. The first-order valence-corrected chi connectivity index (χ1v) is 11.1. The van der Waals surface area contributed by atoms with Crippen molar-refractivity contribution in [2.24, 2.45) is 0 Å². The number of aromatic nitrogens is 2. The predicted molar refractivity (Wildman–Crippen MR) is 134 cm³/mol. The average Bonchev–Trinajstić information content (AvgIpc) is 2.87. The van der Waals surface area contributed by atoms with Gasteiger partial charge >= 0.3 is 0 Å². The molecule has 1 fully saturated rings. The summed E-state index contributed by atoms with van der Waals surface area (Å²) in [5, 5.41) is 9.97. The van der Waals surface area contributed by atoms with Gasteiger partial charge in [0.25, 0.3) is 0 Å². The number of morpholine rings is 1. The number of anilines is 1. The molecule has 168 valence electrons. The molecular weight excluding hydrogens is 424 g/mol. The van der Waals surface area contributed by atoms with Crippen LogP contribution >= 0.6 is 0 Å². The molecule has 0 aliphatic carbocycles. The van der Waals surface area contributed by atoms with Crippen molar-refractivity contribution in [2.45, 2.75) is 13.0 Å². The Kier molecular flexibility index (Phi) is 5.60. The van der Waals surface area contributed by atoms with Crippen molar-refractivity contribution in [2.75, 3.05) is 25.1 Å². The fourth-order valence-corrected chi connectivity index (χ4v) is 4.44. The number of nitriles is 1. The first kappa shape index (κ1) is 21.5. The van der Waals surface area contributed by atoms with Gasteiger partial charge in [-0.05, 0) is 42.8 Å². The van der Waals surface area contributed by atoms with Gasteiger partial charge < -0.3 is 14.4 Å². The lowest BCUT2D eigenvalue weighted by atomic mass is 10.0. The Hall–Kier alpha value is -4.37. The zero-order valence-corrected chi connectivity index (χ0v) is 19.2. The van der Waals surface area contributed by atoms with E-state index in [-0.39, 0.29) is 6.10 Å². The zero-order valence-electron chi connectivity index (χ0n) is 19.2. The van der Waals surface area contributed by atoms with E-state index in [0.717, 1.165) is 57.0 Å². The molecule has 4 aromatic rings. The fraction of sp³-hybridized carbons (Fsp3) is 0.179. The summed E-state index contributed by atoms with van der Waals surface area (Å²) >= 11 is 0. The molecule has 0 radical (unpaired) electrons. The van der Waals surface area contributed by atoms with Gasteiger partial charge in [0.1, 0.15) is 23.1 Å². The molecule has 3 heterocycles. The van der Waals surface area contributed by atoms with Crippen LogP contribution in [0.5, 0.6) is 5.75 Å². The first-order chi connectivity index (χ1) is 16.6. The van der Waals surface area contributed by atoms with Crippen molar-refractivity contribution in [3.05, 3.63) is 84.9 Å². The highest BCUT2D eigenvalue weighted by Gasteiger charge is 2.21. The third-order valence-electron chi connectivity index (χ3n) is 5.98. The lowest BCUT2D eigenvalue weighted by molar-refractivity contribution is 0.114. The highest BCUT2D eigenvalue weighted by Crippen LogP contribution is 2.38. The van der Waals surface area contributed by atoms with Crippen LogP contribution in [-0.4, -0.2) is 36.3 Å². The second-order valence-corrected chi connectivity index (χ2v) is 8.34. The van der Waals surface area contributed by atoms with Crippen LogP contribution in [0.4, 0.5) is 5.69 Å². The molecule has 0 amide bonds. The summed E-state index contributed by atoms with van der Waals surface area (Å²) in [6.07, 6.45) is 3.72. The van der Waals surface area contributed by atoms with E-state index in [1.165, 1.54) is 0 Å². The molecule has 0 unspecified atom stereocenters. The molecule has 1 saturated heterocycles. The van der Waals surface area contributed by atoms with E-state index in [9.17, 15) is 0 Å². The Bertz CT molecular complexity index is 1410. The van der Waals surface area contributed by atoms with Gasteiger partial charge in [-0.25, -0.2) is 0 Å². The fourth-order valence-electron chi connectivity index (χ4n) is 4.44. The number of fused-ring (bicyclic) bond motifs is 1. The number of hydrogen-bond donors (Lipinski definition) is 0. The van der Waals surface area contributed by atoms with Crippen LogP contribution in [0.25, 0.3) is 33.3 Å². The van der Waals surface area contributed by atoms with E-state index in [2.05, 4.69) is 53.7 Å². The van der Waals surface area contributed by atoms with Crippen molar-refractivity contribution in [3.63, 3.8) is 0 Å². The van der Waals surface area contributed by atoms with E-state index < -0.39 is 0 Å². The number of ether oxygens (including phenoxy) is 2. The van der Waals surface area contributed by atoms with E-state index in [4.69, 9.17) is 19.7 Å². The van der Waals surface area contributed by atoms with Crippen LogP contribution in [0.15, 0.2) is 79.3 Å². The summed E-state index contributed by atoms with van der Waals surface area (Å²) in [5.41, 5.74) is 6.08. The summed E-state index contributed by atoms with van der Waals surface area (Å²) in [5.74, 6) is 1.54. The second-order valence-electron chi connectivity index (χ2n) is 8.34. The Morgan fingerprint density at radius 1 is 1.06 bits per heavy atom. The number of pyridine rings is 2. The molecule has 1 aliphatic rings. The van der Waals surface area contributed by atoms with Gasteiger partial charge in [0.2, 0.25) is 0 Å². The maximum atomic E-state index is 9.09.